The molecule has 0 spiro atoms. The number of imide groups is 1. The number of unbranched alkanes of at least 4 members (excludes halogenated alkanes) is 1. The van der Waals surface area contributed by atoms with Crippen LogP contribution in [0.15, 0.2) is 121 Å². The lowest BCUT2D eigenvalue weighted by molar-refractivity contribution is -0.137. The van der Waals surface area contributed by atoms with Gasteiger partial charge in [0.25, 0.3) is 8.32 Å². The summed E-state index contributed by atoms with van der Waals surface area (Å²) in [4.78, 5) is 28.3. The van der Waals surface area contributed by atoms with Crippen molar-refractivity contribution in [3.05, 3.63) is 132 Å². The van der Waals surface area contributed by atoms with Crippen molar-refractivity contribution in [2.24, 2.45) is 5.92 Å². The van der Waals surface area contributed by atoms with Crippen LogP contribution in [0.2, 0.25) is 5.04 Å². The third-order valence-electron chi connectivity index (χ3n) is 9.00. The zero-order valence-corrected chi connectivity index (χ0v) is 28.0. The Hall–Kier alpha value is -4.04. The second kappa shape index (κ2) is 15.0. The molecule has 7 heteroatoms. The molecular weight excluding hydrogens is 591 g/mol. The van der Waals surface area contributed by atoms with E-state index >= 15 is 0 Å². The molecule has 0 aliphatic carbocycles. The van der Waals surface area contributed by atoms with Crippen LogP contribution in [-0.4, -0.2) is 49.6 Å². The van der Waals surface area contributed by atoms with Crippen LogP contribution in [0.3, 0.4) is 0 Å². The normalized spacial score (nSPS) is 16.6. The Morgan fingerprint density at radius 1 is 0.848 bits per heavy atom. The minimum absolute atomic E-state index is 0.137. The van der Waals surface area contributed by atoms with Gasteiger partial charge in [0.05, 0.1) is 18.1 Å². The van der Waals surface area contributed by atoms with Crippen molar-refractivity contribution in [3.63, 3.8) is 0 Å². The van der Waals surface area contributed by atoms with Crippen molar-refractivity contribution in [3.8, 4) is 0 Å². The third-order valence-corrected chi connectivity index (χ3v) is 14.0. The van der Waals surface area contributed by atoms with Gasteiger partial charge in [-0.2, -0.15) is 0 Å². The fourth-order valence-corrected chi connectivity index (χ4v) is 11.3. The zero-order chi connectivity index (χ0) is 32.6. The molecule has 1 saturated heterocycles. The number of carbonyl (C=O) groups excluding carboxylic acids is 2. The standard InChI is InChI=1S/C39H45NO5Si/c1-39(2,3)46(33-22-12-6-13-23-33,34-24-14-7-15-25-34)45-27-17-16-26-35(36(41)31-20-10-5-11-21-31)37(42)40-32(29-44-38(40)43)28-30-18-8-4-9-19-30/h4-15,18-25,32,35-36,41H,16-17,26-29H2,1-3H3/t32-,35-,36+/m0/s1. The molecule has 0 aromatic heterocycles. The molecule has 0 saturated carbocycles. The van der Waals surface area contributed by atoms with Crippen LogP contribution >= 0.6 is 0 Å². The number of carbonyl (C=O) groups is 2. The third kappa shape index (κ3) is 7.33. The number of rotatable bonds is 13. The van der Waals surface area contributed by atoms with Gasteiger partial charge in [0, 0.05) is 6.61 Å². The van der Waals surface area contributed by atoms with E-state index < -0.39 is 38.4 Å². The lowest BCUT2D eigenvalue weighted by Gasteiger charge is -2.43. The van der Waals surface area contributed by atoms with Crippen LogP contribution in [0.1, 0.15) is 57.3 Å². The number of benzene rings is 4. The quantitative estimate of drug-likeness (QED) is 0.131. The molecule has 2 amide bonds. The molecule has 3 atom stereocenters. The van der Waals surface area contributed by atoms with Gasteiger partial charge in [0.15, 0.2) is 0 Å². The van der Waals surface area contributed by atoms with Crippen molar-refractivity contribution in [2.75, 3.05) is 13.2 Å². The first-order chi connectivity index (χ1) is 22.2. The summed E-state index contributed by atoms with van der Waals surface area (Å²) in [5, 5.41) is 13.8. The maximum absolute atomic E-state index is 14.1. The van der Waals surface area contributed by atoms with Gasteiger partial charge >= 0.3 is 6.09 Å². The Morgan fingerprint density at radius 2 is 1.37 bits per heavy atom. The van der Waals surface area contributed by atoms with E-state index in [1.807, 2.05) is 72.8 Å². The van der Waals surface area contributed by atoms with Crippen LogP contribution in [0, 0.1) is 5.92 Å². The summed E-state index contributed by atoms with van der Waals surface area (Å²) >= 11 is 0. The largest absolute Gasteiger partial charge is 0.447 e. The van der Waals surface area contributed by atoms with Crippen LogP contribution in [0.5, 0.6) is 0 Å². The van der Waals surface area contributed by atoms with Crippen molar-refractivity contribution in [1.29, 1.82) is 0 Å². The Labute approximate surface area is 274 Å². The molecule has 240 valence electrons. The van der Waals surface area contributed by atoms with Gasteiger partial charge in [-0.05, 0) is 45.8 Å². The highest BCUT2D eigenvalue weighted by Crippen LogP contribution is 2.37. The van der Waals surface area contributed by atoms with E-state index in [0.717, 1.165) is 5.56 Å². The molecular formula is C39H45NO5Si. The van der Waals surface area contributed by atoms with Crippen molar-refractivity contribution >= 4 is 30.7 Å². The van der Waals surface area contributed by atoms with Gasteiger partial charge in [-0.1, -0.05) is 149 Å². The first-order valence-electron chi connectivity index (χ1n) is 16.2. The molecule has 0 unspecified atom stereocenters. The molecule has 46 heavy (non-hydrogen) atoms. The summed E-state index contributed by atoms with van der Waals surface area (Å²) < 4.78 is 12.4. The molecule has 1 aliphatic rings. The Bertz CT molecular complexity index is 1500. The molecule has 4 aromatic carbocycles. The minimum Gasteiger partial charge on any atom is -0.447 e. The summed E-state index contributed by atoms with van der Waals surface area (Å²) in [6.07, 6.45) is 0.543. The topological polar surface area (TPSA) is 76.1 Å². The molecule has 0 radical (unpaired) electrons. The smallest absolute Gasteiger partial charge is 0.416 e. The lowest BCUT2D eigenvalue weighted by Crippen LogP contribution is -2.66. The summed E-state index contributed by atoms with van der Waals surface area (Å²) in [5.74, 6) is -1.20. The van der Waals surface area contributed by atoms with E-state index in [4.69, 9.17) is 9.16 Å². The van der Waals surface area contributed by atoms with E-state index in [0.29, 0.717) is 37.9 Å². The van der Waals surface area contributed by atoms with E-state index in [1.165, 1.54) is 15.3 Å². The Morgan fingerprint density at radius 3 is 1.91 bits per heavy atom. The lowest BCUT2D eigenvalue weighted by atomic mass is 9.89. The predicted molar refractivity (Wildman–Crippen MR) is 184 cm³/mol. The summed E-state index contributed by atoms with van der Waals surface area (Å²) in [6.45, 7) is 7.42. The molecule has 1 heterocycles. The maximum atomic E-state index is 14.1. The summed E-state index contributed by atoms with van der Waals surface area (Å²) in [5.41, 5.74) is 1.67. The monoisotopic (exact) mass is 635 g/mol. The van der Waals surface area contributed by atoms with Crippen LogP contribution in [0.4, 0.5) is 4.79 Å². The molecule has 5 rings (SSSR count). The number of cyclic esters (lactones) is 1. The highest BCUT2D eigenvalue weighted by molar-refractivity contribution is 6.99. The Kier molecular flexibility index (Phi) is 10.9. The van der Waals surface area contributed by atoms with E-state index in [9.17, 15) is 14.7 Å². The second-order valence-electron chi connectivity index (χ2n) is 13.1. The molecule has 1 fully saturated rings. The fraction of sp³-hybridized carbons (Fsp3) is 0.333. The van der Waals surface area contributed by atoms with Crippen molar-refractivity contribution < 1.29 is 23.9 Å². The molecule has 1 N–H and O–H groups in total. The highest BCUT2D eigenvalue weighted by atomic mass is 28.4. The van der Waals surface area contributed by atoms with Gasteiger partial charge in [0.1, 0.15) is 6.61 Å². The summed E-state index contributed by atoms with van der Waals surface area (Å²) in [7, 11) is -2.69. The first-order valence-corrected chi connectivity index (χ1v) is 18.1. The van der Waals surface area contributed by atoms with Crippen molar-refractivity contribution in [1.82, 2.24) is 4.90 Å². The number of hydrogen-bond donors (Lipinski definition) is 1. The minimum atomic E-state index is -2.69. The molecule has 4 aromatic rings. The van der Waals surface area contributed by atoms with Crippen LogP contribution in [-0.2, 0) is 20.4 Å². The fourth-order valence-electron chi connectivity index (χ4n) is 6.70. The number of aliphatic hydroxyl groups excluding tert-OH is 1. The Balaban J connectivity index is 1.34. The van der Waals surface area contributed by atoms with Gasteiger partial charge in [0.2, 0.25) is 5.91 Å². The van der Waals surface area contributed by atoms with E-state index in [2.05, 4.69) is 69.3 Å². The van der Waals surface area contributed by atoms with E-state index in [-0.39, 0.29) is 11.6 Å². The molecule has 6 nitrogen and oxygen atoms in total. The number of aliphatic hydroxyl groups is 1. The van der Waals surface area contributed by atoms with Crippen LogP contribution < -0.4 is 10.4 Å². The number of ether oxygens (including phenoxy) is 1. The number of amides is 2. The van der Waals surface area contributed by atoms with Crippen LogP contribution in [0.25, 0.3) is 0 Å². The van der Waals surface area contributed by atoms with Crippen molar-refractivity contribution in [2.45, 2.75) is 63.6 Å². The molecule has 1 aliphatic heterocycles. The van der Waals surface area contributed by atoms with Gasteiger partial charge < -0.3 is 14.3 Å². The number of hydrogen-bond acceptors (Lipinski definition) is 5. The zero-order valence-electron chi connectivity index (χ0n) is 27.0. The van der Waals surface area contributed by atoms with Gasteiger partial charge in [-0.25, -0.2) is 9.69 Å². The number of nitrogens with zero attached hydrogens (tertiary/aromatic N) is 1. The summed E-state index contributed by atoms with van der Waals surface area (Å²) in [6, 6.07) is 39.6. The van der Waals surface area contributed by atoms with Gasteiger partial charge in [-0.15, -0.1) is 0 Å². The average Bonchev–Trinajstić information content (AvgIpc) is 3.44. The first kappa shape index (κ1) is 33.3. The maximum Gasteiger partial charge on any atom is 0.416 e. The average molecular weight is 636 g/mol. The highest BCUT2D eigenvalue weighted by Gasteiger charge is 2.50. The second-order valence-corrected chi connectivity index (χ2v) is 17.4. The molecule has 0 bridgehead atoms. The predicted octanol–water partition coefficient (Wildman–Crippen LogP) is 6.67. The van der Waals surface area contributed by atoms with Gasteiger partial charge in [-0.3, -0.25) is 4.79 Å². The SMILES string of the molecule is CC(C)(C)[Si](OCCCC[C@H](C(=O)N1C(=O)OC[C@@H]1Cc1ccccc1)[C@H](O)c1ccccc1)(c1ccccc1)c1ccccc1. The van der Waals surface area contributed by atoms with E-state index in [1.54, 1.807) is 0 Å².